The number of carbonyl (C=O) groups excluding carboxylic acids is 1. The number of aryl methyl sites for hydroxylation is 1. The normalized spacial score (nSPS) is 10.8. The first kappa shape index (κ1) is 17.0. The predicted molar refractivity (Wildman–Crippen MR) is 96.9 cm³/mol. The molecule has 3 rings (SSSR count). The Bertz CT molecular complexity index is 858. The van der Waals surface area contributed by atoms with Gasteiger partial charge in [-0.2, -0.15) is 0 Å². The van der Waals surface area contributed by atoms with Crippen molar-refractivity contribution >= 4 is 17.4 Å². The summed E-state index contributed by atoms with van der Waals surface area (Å²) in [5.41, 5.74) is 5.67. The Hall–Kier alpha value is -2.86. The number of fused-ring (bicyclic) bond motifs is 1. The largest absolute Gasteiger partial charge is 0.360 e. The fraction of sp³-hybridized carbons (Fsp3) is 0.263. The zero-order chi connectivity index (χ0) is 17.6. The minimum atomic E-state index is -0.492. The molecule has 0 radical (unpaired) electrons. The van der Waals surface area contributed by atoms with Gasteiger partial charge in [0.15, 0.2) is 0 Å². The molecule has 3 N–H and O–H groups in total. The molecular weight excluding hydrogens is 316 g/mol. The van der Waals surface area contributed by atoms with E-state index < -0.39 is 5.91 Å². The Morgan fingerprint density at radius 1 is 1.16 bits per heavy atom. The smallest absolute Gasteiger partial charge is 0.262 e. The number of pyridine rings is 1. The summed E-state index contributed by atoms with van der Waals surface area (Å²) in [7, 11) is 0. The van der Waals surface area contributed by atoms with Crippen LogP contribution in [0.15, 0.2) is 48.5 Å². The first-order valence-electron chi connectivity index (χ1n) is 8.43. The van der Waals surface area contributed by atoms with Gasteiger partial charge in [-0.05, 0) is 24.1 Å². The highest BCUT2D eigenvalue weighted by atomic mass is 16.5. The molecule has 0 saturated heterocycles. The average Bonchev–Trinajstić information content (AvgIpc) is 2.99. The third-order valence-corrected chi connectivity index (χ3v) is 4.06. The molecule has 0 spiro atoms. The van der Waals surface area contributed by atoms with Crippen LogP contribution in [-0.2, 0) is 17.6 Å². The summed E-state index contributed by atoms with van der Waals surface area (Å²) in [6.07, 6.45) is 2.60. The fourth-order valence-electron chi connectivity index (χ4n) is 2.96. The molecule has 2 aromatic heterocycles. The highest BCUT2D eigenvalue weighted by Crippen LogP contribution is 2.24. The van der Waals surface area contributed by atoms with Crippen molar-refractivity contribution in [1.29, 1.82) is 0 Å². The molecule has 6 nitrogen and oxygen atoms in total. The number of nitrogens with zero attached hydrogens (tertiary/aromatic N) is 2. The third kappa shape index (κ3) is 3.80. The van der Waals surface area contributed by atoms with Crippen molar-refractivity contribution in [2.75, 3.05) is 11.9 Å². The van der Waals surface area contributed by atoms with Gasteiger partial charge in [0.1, 0.15) is 11.5 Å². The lowest BCUT2D eigenvalue weighted by Crippen LogP contribution is -2.27. The monoisotopic (exact) mass is 338 g/mol. The van der Waals surface area contributed by atoms with Crippen molar-refractivity contribution < 1.29 is 10.0 Å². The number of anilines is 1. The van der Waals surface area contributed by atoms with E-state index >= 15 is 0 Å². The number of amides is 1. The lowest BCUT2D eigenvalue weighted by atomic mass is 10.1. The van der Waals surface area contributed by atoms with E-state index in [1.165, 1.54) is 0 Å². The zero-order valence-corrected chi connectivity index (χ0v) is 14.2. The number of hydrogen-bond acceptors (Lipinski definition) is 4. The minimum Gasteiger partial charge on any atom is -0.360 e. The van der Waals surface area contributed by atoms with Gasteiger partial charge in [0.25, 0.3) is 5.91 Å². The predicted octanol–water partition coefficient (Wildman–Crippen LogP) is 2.79. The number of carbonyl (C=O) groups is 1. The van der Waals surface area contributed by atoms with Gasteiger partial charge in [-0.3, -0.25) is 14.4 Å². The van der Waals surface area contributed by atoms with Crippen LogP contribution in [0.2, 0.25) is 0 Å². The van der Waals surface area contributed by atoms with Crippen LogP contribution in [0.3, 0.4) is 0 Å². The molecule has 0 aliphatic rings. The van der Waals surface area contributed by atoms with Gasteiger partial charge in [-0.15, -0.1) is 0 Å². The maximum atomic E-state index is 11.5. The van der Waals surface area contributed by atoms with Crippen LogP contribution in [0.4, 0.5) is 5.82 Å². The van der Waals surface area contributed by atoms with Crippen LogP contribution in [0, 0.1) is 0 Å². The van der Waals surface area contributed by atoms with Crippen molar-refractivity contribution in [1.82, 2.24) is 14.9 Å². The molecule has 0 bridgehead atoms. The fourth-order valence-corrected chi connectivity index (χ4v) is 2.96. The molecule has 0 aliphatic heterocycles. The zero-order valence-electron chi connectivity index (χ0n) is 14.2. The molecule has 0 aliphatic carbocycles. The van der Waals surface area contributed by atoms with Crippen LogP contribution >= 0.6 is 0 Å². The number of nitrogens with one attached hydrogen (secondary N) is 2. The van der Waals surface area contributed by atoms with Crippen LogP contribution < -0.4 is 10.8 Å². The van der Waals surface area contributed by atoms with E-state index in [0.29, 0.717) is 6.42 Å². The molecule has 0 unspecified atom stereocenters. The number of rotatable bonds is 7. The number of hydrogen-bond donors (Lipinski definition) is 3. The molecule has 6 heteroatoms. The summed E-state index contributed by atoms with van der Waals surface area (Å²) in [5.74, 6) is 0.306. The molecule has 1 aromatic carbocycles. The summed E-state index contributed by atoms with van der Waals surface area (Å²) in [5, 5.41) is 11.9. The number of imidazole rings is 1. The highest BCUT2D eigenvalue weighted by molar-refractivity contribution is 5.79. The summed E-state index contributed by atoms with van der Waals surface area (Å²) >= 11 is 0. The number of hydroxylamine groups is 1. The highest BCUT2D eigenvalue weighted by Gasteiger charge is 2.15. The quantitative estimate of drug-likeness (QED) is 0.457. The van der Waals surface area contributed by atoms with E-state index in [1.807, 2.05) is 30.3 Å². The Labute approximate surface area is 146 Å². The molecular formula is C19H22N4O2. The summed E-state index contributed by atoms with van der Waals surface area (Å²) < 4.78 is 2.06. The first-order chi connectivity index (χ1) is 12.2. The maximum absolute atomic E-state index is 11.5. The standard InChI is InChI=1S/C19H22N4O2/c1-2-7-15-10-6-11-17-21-16(12-14-8-4-3-5-9-14)19(23(15)17)20-13-18(24)22-25/h3-6,8-11,20,25H,2,7,12-13H2,1H3,(H,22,24). The minimum absolute atomic E-state index is 0.0213. The Morgan fingerprint density at radius 2 is 1.96 bits per heavy atom. The molecule has 2 heterocycles. The third-order valence-electron chi connectivity index (χ3n) is 4.06. The van der Waals surface area contributed by atoms with Crippen molar-refractivity contribution in [3.8, 4) is 0 Å². The van der Waals surface area contributed by atoms with Gasteiger partial charge in [-0.1, -0.05) is 49.7 Å². The second kappa shape index (κ2) is 7.81. The van der Waals surface area contributed by atoms with Crippen molar-refractivity contribution in [2.45, 2.75) is 26.2 Å². The van der Waals surface area contributed by atoms with Gasteiger partial charge < -0.3 is 5.32 Å². The van der Waals surface area contributed by atoms with Crippen LogP contribution in [0.1, 0.15) is 30.3 Å². The SMILES string of the molecule is CCCc1cccc2nc(Cc3ccccc3)c(NCC(=O)NO)n12. The molecule has 0 fully saturated rings. The summed E-state index contributed by atoms with van der Waals surface area (Å²) in [4.78, 5) is 16.2. The van der Waals surface area contributed by atoms with Crippen molar-refractivity contribution in [3.05, 3.63) is 65.5 Å². The topological polar surface area (TPSA) is 78.7 Å². The van der Waals surface area contributed by atoms with Gasteiger partial charge in [-0.25, -0.2) is 10.5 Å². The lowest BCUT2D eigenvalue weighted by molar-refractivity contribution is -0.127. The summed E-state index contributed by atoms with van der Waals surface area (Å²) in [6.45, 7) is 2.11. The molecule has 1 amide bonds. The lowest BCUT2D eigenvalue weighted by Gasteiger charge is -2.11. The Kier molecular flexibility index (Phi) is 5.30. The van der Waals surface area contributed by atoms with Crippen molar-refractivity contribution in [2.24, 2.45) is 0 Å². The van der Waals surface area contributed by atoms with Gasteiger partial charge in [0.2, 0.25) is 0 Å². The van der Waals surface area contributed by atoms with E-state index in [1.54, 1.807) is 5.48 Å². The van der Waals surface area contributed by atoms with Crippen LogP contribution in [-0.4, -0.2) is 27.0 Å². The van der Waals surface area contributed by atoms with Gasteiger partial charge >= 0.3 is 0 Å². The van der Waals surface area contributed by atoms with Crippen molar-refractivity contribution in [3.63, 3.8) is 0 Å². The molecule has 3 aromatic rings. The first-order valence-corrected chi connectivity index (χ1v) is 8.43. The van der Waals surface area contributed by atoms with E-state index in [4.69, 9.17) is 10.2 Å². The van der Waals surface area contributed by atoms with E-state index in [-0.39, 0.29) is 6.54 Å². The molecule has 0 saturated carbocycles. The number of aromatic nitrogens is 2. The second-order valence-electron chi connectivity index (χ2n) is 5.92. The Balaban J connectivity index is 2.04. The summed E-state index contributed by atoms with van der Waals surface area (Å²) in [6, 6.07) is 16.1. The van der Waals surface area contributed by atoms with E-state index in [9.17, 15) is 4.79 Å². The van der Waals surface area contributed by atoms with E-state index in [0.717, 1.165) is 41.3 Å². The van der Waals surface area contributed by atoms with Crippen LogP contribution in [0.25, 0.3) is 5.65 Å². The maximum Gasteiger partial charge on any atom is 0.262 e. The Morgan fingerprint density at radius 3 is 2.68 bits per heavy atom. The molecule has 25 heavy (non-hydrogen) atoms. The van der Waals surface area contributed by atoms with Gasteiger partial charge in [0, 0.05) is 12.1 Å². The second-order valence-corrected chi connectivity index (χ2v) is 5.92. The van der Waals surface area contributed by atoms with E-state index in [2.05, 4.69) is 34.8 Å². The molecule has 130 valence electrons. The molecule has 0 atom stereocenters. The number of benzene rings is 1. The average molecular weight is 338 g/mol. The van der Waals surface area contributed by atoms with Crippen LogP contribution in [0.5, 0.6) is 0 Å². The van der Waals surface area contributed by atoms with Gasteiger partial charge in [0.05, 0.1) is 12.2 Å².